The molecule has 1 aliphatic carbocycles. The summed E-state index contributed by atoms with van der Waals surface area (Å²) in [6.07, 6.45) is 2.59. The van der Waals surface area contributed by atoms with Gasteiger partial charge in [0.1, 0.15) is 0 Å². The number of benzene rings is 1. The van der Waals surface area contributed by atoms with Gasteiger partial charge in [-0.3, -0.25) is 4.79 Å². The largest absolute Gasteiger partial charge is 0.341 e. The number of sulfone groups is 1. The second-order valence-corrected chi connectivity index (χ2v) is 7.01. The molecule has 0 heterocycles. The fourth-order valence-corrected chi connectivity index (χ4v) is 3.28. The van der Waals surface area contributed by atoms with Crippen molar-refractivity contribution < 1.29 is 22.0 Å². The molecule has 1 amide bonds. The molecule has 2 rings (SSSR count). The number of nitrogens with two attached hydrogens (primary N) is 1. The lowest BCUT2D eigenvalue weighted by molar-refractivity contribution is -0.121. The van der Waals surface area contributed by atoms with Gasteiger partial charge >= 0.3 is 5.76 Å². The van der Waals surface area contributed by atoms with Gasteiger partial charge in [-0.1, -0.05) is 25.0 Å². The maximum absolute atomic E-state index is 12.7. The van der Waals surface area contributed by atoms with E-state index in [0.29, 0.717) is 12.8 Å². The summed E-state index contributed by atoms with van der Waals surface area (Å²) in [6.45, 7) is 0. The number of carbonyl (C=O) groups is 1. The molecule has 5 nitrogen and oxygen atoms in total. The van der Waals surface area contributed by atoms with Crippen LogP contribution in [0, 0.1) is 0 Å². The van der Waals surface area contributed by atoms with Crippen LogP contribution in [-0.4, -0.2) is 25.6 Å². The lowest BCUT2D eigenvalue weighted by atomic mass is 9.98. The molecule has 1 aromatic carbocycles. The van der Waals surface area contributed by atoms with Crippen molar-refractivity contribution in [2.75, 3.05) is 5.32 Å². The first kappa shape index (κ1) is 15.8. The molecule has 0 bridgehead atoms. The molecule has 0 atom stereocenters. The molecule has 0 saturated heterocycles. The fraction of sp³-hybridized carbons (Fsp3) is 0.462. The fourth-order valence-electron chi connectivity index (χ4n) is 2.39. The molecule has 8 heteroatoms. The highest BCUT2D eigenvalue weighted by Gasteiger charge is 2.38. The average molecular weight is 318 g/mol. The third kappa shape index (κ3) is 3.06. The predicted molar refractivity (Wildman–Crippen MR) is 73.6 cm³/mol. The van der Waals surface area contributed by atoms with Gasteiger partial charge in [0, 0.05) is 0 Å². The SMILES string of the molecule is NC1(C(=O)Nc2ccccc2S(=O)(=O)C(F)F)CCCC1. The summed E-state index contributed by atoms with van der Waals surface area (Å²) in [5.74, 6) is -4.09. The van der Waals surface area contributed by atoms with Gasteiger partial charge in [-0.2, -0.15) is 8.78 Å². The number of carbonyl (C=O) groups excluding carboxylic acids is 1. The molecule has 0 unspecified atom stereocenters. The van der Waals surface area contributed by atoms with Crippen LogP contribution in [0.25, 0.3) is 0 Å². The van der Waals surface area contributed by atoms with Crippen LogP contribution in [0.1, 0.15) is 25.7 Å². The van der Waals surface area contributed by atoms with E-state index in [-0.39, 0.29) is 5.69 Å². The Kier molecular flexibility index (Phi) is 4.29. The Morgan fingerprint density at radius 3 is 2.38 bits per heavy atom. The highest BCUT2D eigenvalue weighted by molar-refractivity contribution is 7.91. The third-order valence-corrected chi connectivity index (χ3v) is 5.06. The normalized spacial score (nSPS) is 17.9. The molecular formula is C13H16F2N2O3S. The number of rotatable bonds is 4. The summed E-state index contributed by atoms with van der Waals surface area (Å²) in [7, 11) is -4.79. The number of para-hydroxylation sites is 1. The predicted octanol–water partition coefficient (Wildman–Crippen LogP) is 1.89. The molecule has 0 radical (unpaired) electrons. The van der Waals surface area contributed by atoms with Gasteiger partial charge in [0.25, 0.3) is 0 Å². The van der Waals surface area contributed by atoms with Crippen molar-refractivity contribution in [2.45, 2.75) is 41.9 Å². The molecule has 3 N–H and O–H groups in total. The van der Waals surface area contributed by atoms with Gasteiger partial charge < -0.3 is 11.1 Å². The van der Waals surface area contributed by atoms with Crippen LogP contribution in [0.15, 0.2) is 29.2 Å². The van der Waals surface area contributed by atoms with Crippen molar-refractivity contribution in [2.24, 2.45) is 5.73 Å². The van der Waals surface area contributed by atoms with Crippen molar-refractivity contribution in [1.29, 1.82) is 0 Å². The highest BCUT2D eigenvalue weighted by Crippen LogP contribution is 2.31. The molecule has 116 valence electrons. The first-order valence-corrected chi connectivity index (χ1v) is 8.03. The smallest absolute Gasteiger partial charge is 0.323 e. The Morgan fingerprint density at radius 1 is 1.24 bits per heavy atom. The molecule has 1 aromatic rings. The summed E-state index contributed by atoms with van der Waals surface area (Å²) in [4.78, 5) is 11.6. The number of amides is 1. The number of nitrogens with one attached hydrogen (secondary N) is 1. The van der Waals surface area contributed by atoms with Crippen molar-refractivity contribution in [1.82, 2.24) is 0 Å². The molecule has 21 heavy (non-hydrogen) atoms. The van der Waals surface area contributed by atoms with Gasteiger partial charge in [0.2, 0.25) is 15.7 Å². The zero-order valence-corrected chi connectivity index (χ0v) is 12.0. The van der Waals surface area contributed by atoms with Crippen molar-refractivity contribution >= 4 is 21.4 Å². The Morgan fingerprint density at radius 2 is 1.81 bits per heavy atom. The standard InChI is InChI=1S/C13H16F2N2O3S/c14-12(15)21(19,20)10-6-2-1-5-9(10)17-11(18)13(16)7-3-4-8-13/h1-2,5-6,12H,3-4,7-8,16H2,(H,17,18). The van der Waals surface area contributed by atoms with E-state index in [1.54, 1.807) is 0 Å². The van der Waals surface area contributed by atoms with E-state index in [1.807, 2.05) is 0 Å². The minimum absolute atomic E-state index is 0.167. The van der Waals surface area contributed by atoms with Gasteiger partial charge in [-0.15, -0.1) is 0 Å². The number of halogens is 2. The maximum atomic E-state index is 12.7. The van der Waals surface area contributed by atoms with Crippen molar-refractivity contribution in [3.8, 4) is 0 Å². The van der Waals surface area contributed by atoms with Gasteiger partial charge in [-0.05, 0) is 25.0 Å². The van der Waals surface area contributed by atoms with Crippen LogP contribution in [-0.2, 0) is 14.6 Å². The zero-order chi connectivity index (χ0) is 15.7. The minimum atomic E-state index is -4.79. The lowest BCUT2D eigenvalue weighted by Gasteiger charge is -2.23. The summed E-state index contributed by atoms with van der Waals surface area (Å²) >= 11 is 0. The summed E-state index contributed by atoms with van der Waals surface area (Å²) in [5, 5.41) is 2.38. The van der Waals surface area contributed by atoms with E-state index in [4.69, 9.17) is 5.73 Å². The Labute approximate surface area is 121 Å². The summed E-state index contributed by atoms with van der Waals surface area (Å²) in [5.41, 5.74) is 4.72. The monoisotopic (exact) mass is 318 g/mol. The van der Waals surface area contributed by atoms with E-state index in [2.05, 4.69) is 5.32 Å². The Hall–Kier alpha value is -1.54. The van der Waals surface area contributed by atoms with E-state index in [1.165, 1.54) is 18.2 Å². The number of alkyl halides is 2. The van der Waals surface area contributed by atoms with Crippen molar-refractivity contribution in [3.63, 3.8) is 0 Å². The summed E-state index contributed by atoms with van der Waals surface area (Å²) < 4.78 is 48.5. The van der Waals surface area contributed by atoms with Crippen LogP contribution >= 0.6 is 0 Å². The number of hydrogen-bond donors (Lipinski definition) is 2. The van der Waals surface area contributed by atoms with E-state index >= 15 is 0 Å². The molecule has 1 aliphatic rings. The Balaban J connectivity index is 2.32. The Bertz CT molecular complexity index is 641. The quantitative estimate of drug-likeness (QED) is 0.887. The zero-order valence-electron chi connectivity index (χ0n) is 11.2. The van der Waals surface area contributed by atoms with Crippen molar-refractivity contribution in [3.05, 3.63) is 24.3 Å². The lowest BCUT2D eigenvalue weighted by Crippen LogP contribution is -2.48. The van der Waals surface area contributed by atoms with E-state index in [9.17, 15) is 22.0 Å². The van der Waals surface area contributed by atoms with E-state index in [0.717, 1.165) is 18.9 Å². The molecule has 0 aliphatic heterocycles. The first-order chi connectivity index (χ1) is 9.77. The van der Waals surface area contributed by atoms with Crippen LogP contribution in [0.5, 0.6) is 0 Å². The topological polar surface area (TPSA) is 89.3 Å². The highest BCUT2D eigenvalue weighted by atomic mass is 32.2. The molecule has 0 aromatic heterocycles. The van der Waals surface area contributed by atoms with Crippen LogP contribution in [0.3, 0.4) is 0 Å². The second kappa shape index (κ2) is 5.69. The first-order valence-electron chi connectivity index (χ1n) is 6.49. The molecule has 1 fully saturated rings. The van der Waals surface area contributed by atoms with Gasteiger partial charge in [-0.25, -0.2) is 8.42 Å². The van der Waals surface area contributed by atoms with Crippen LogP contribution in [0.4, 0.5) is 14.5 Å². The minimum Gasteiger partial charge on any atom is -0.323 e. The average Bonchev–Trinajstić information content (AvgIpc) is 2.87. The summed E-state index contributed by atoms with van der Waals surface area (Å²) in [6, 6.07) is 5.08. The number of hydrogen-bond acceptors (Lipinski definition) is 4. The second-order valence-electron chi connectivity index (χ2n) is 5.12. The van der Waals surface area contributed by atoms with Gasteiger partial charge in [0.05, 0.1) is 16.1 Å². The van der Waals surface area contributed by atoms with E-state index < -0.39 is 31.9 Å². The third-order valence-electron chi connectivity index (χ3n) is 3.62. The molecule has 1 saturated carbocycles. The van der Waals surface area contributed by atoms with Crippen LogP contribution in [0.2, 0.25) is 0 Å². The number of anilines is 1. The van der Waals surface area contributed by atoms with Crippen LogP contribution < -0.4 is 11.1 Å². The molecular weight excluding hydrogens is 302 g/mol. The molecule has 0 spiro atoms. The van der Waals surface area contributed by atoms with Gasteiger partial charge in [0.15, 0.2) is 0 Å². The maximum Gasteiger partial charge on any atom is 0.341 e.